The quantitative estimate of drug-likeness (QED) is 0.600. The van der Waals surface area contributed by atoms with Crippen LogP contribution in [0.15, 0.2) is 29.3 Å². The standard InChI is InChI=1S/C16H24FN3O/c1-12(21-15-7-5-14(17)6-8-15)11-20-16(18-2)19-10-9-13-3-4-13/h5-8,12-13H,3-4,9-11H2,1-2H3,(H2,18,19,20). The predicted octanol–water partition coefficient (Wildman–Crippen LogP) is 2.56. The summed E-state index contributed by atoms with van der Waals surface area (Å²) >= 11 is 0. The van der Waals surface area contributed by atoms with E-state index in [0.29, 0.717) is 12.3 Å². The lowest BCUT2D eigenvalue weighted by molar-refractivity contribution is 0.223. The Morgan fingerprint density at radius 3 is 2.67 bits per heavy atom. The van der Waals surface area contributed by atoms with Crippen LogP contribution in [0.1, 0.15) is 26.2 Å². The molecular formula is C16H24FN3O. The molecule has 1 aliphatic rings. The van der Waals surface area contributed by atoms with Crippen molar-refractivity contribution in [3.8, 4) is 5.75 Å². The normalized spacial score (nSPS) is 16.4. The maximum Gasteiger partial charge on any atom is 0.191 e. The van der Waals surface area contributed by atoms with Crippen LogP contribution < -0.4 is 15.4 Å². The minimum atomic E-state index is -0.256. The lowest BCUT2D eigenvalue weighted by Crippen LogP contribution is -2.42. The maximum atomic E-state index is 12.8. The summed E-state index contributed by atoms with van der Waals surface area (Å²) in [6.45, 7) is 3.56. The summed E-state index contributed by atoms with van der Waals surface area (Å²) < 4.78 is 18.5. The molecule has 0 saturated heterocycles. The first-order chi connectivity index (χ1) is 10.2. The van der Waals surface area contributed by atoms with Crippen molar-refractivity contribution in [1.82, 2.24) is 10.6 Å². The number of aliphatic imine (C=N–C) groups is 1. The molecular weight excluding hydrogens is 269 g/mol. The summed E-state index contributed by atoms with van der Waals surface area (Å²) in [5, 5.41) is 6.54. The number of halogens is 1. The fraction of sp³-hybridized carbons (Fsp3) is 0.562. The van der Waals surface area contributed by atoms with Crippen LogP contribution in [0.5, 0.6) is 5.75 Å². The van der Waals surface area contributed by atoms with Gasteiger partial charge in [-0.3, -0.25) is 4.99 Å². The third-order valence-electron chi connectivity index (χ3n) is 3.47. The first-order valence-corrected chi connectivity index (χ1v) is 7.54. The van der Waals surface area contributed by atoms with Crippen LogP contribution in [0.3, 0.4) is 0 Å². The molecule has 0 heterocycles. The fourth-order valence-electron chi connectivity index (χ4n) is 2.05. The van der Waals surface area contributed by atoms with Gasteiger partial charge in [0.25, 0.3) is 0 Å². The van der Waals surface area contributed by atoms with Gasteiger partial charge in [-0.15, -0.1) is 0 Å². The molecule has 1 fully saturated rings. The third kappa shape index (κ3) is 6.02. The summed E-state index contributed by atoms with van der Waals surface area (Å²) in [7, 11) is 1.76. The van der Waals surface area contributed by atoms with E-state index in [1.165, 1.54) is 31.4 Å². The molecule has 116 valence electrons. The second kappa shape index (κ2) is 7.86. The van der Waals surface area contributed by atoms with Gasteiger partial charge in [0.15, 0.2) is 5.96 Å². The van der Waals surface area contributed by atoms with E-state index < -0.39 is 0 Å². The van der Waals surface area contributed by atoms with E-state index in [1.807, 2.05) is 6.92 Å². The summed E-state index contributed by atoms with van der Waals surface area (Å²) in [5.41, 5.74) is 0. The van der Waals surface area contributed by atoms with E-state index in [9.17, 15) is 4.39 Å². The highest BCUT2D eigenvalue weighted by molar-refractivity contribution is 5.79. The first-order valence-electron chi connectivity index (χ1n) is 7.54. The molecule has 2 N–H and O–H groups in total. The van der Waals surface area contributed by atoms with Crippen LogP contribution >= 0.6 is 0 Å². The number of nitrogens with one attached hydrogen (secondary N) is 2. The summed E-state index contributed by atoms with van der Waals surface area (Å²) in [4.78, 5) is 4.19. The Labute approximate surface area is 125 Å². The number of ether oxygens (including phenoxy) is 1. The van der Waals surface area contributed by atoms with Crippen LogP contribution in [0, 0.1) is 11.7 Å². The van der Waals surface area contributed by atoms with Gasteiger partial charge in [0.05, 0.1) is 6.54 Å². The van der Waals surface area contributed by atoms with Gasteiger partial charge in [-0.1, -0.05) is 12.8 Å². The third-order valence-corrected chi connectivity index (χ3v) is 3.47. The van der Waals surface area contributed by atoms with Crippen LogP contribution in [0.4, 0.5) is 4.39 Å². The Morgan fingerprint density at radius 2 is 2.05 bits per heavy atom. The number of benzene rings is 1. The van der Waals surface area contributed by atoms with E-state index >= 15 is 0 Å². The van der Waals surface area contributed by atoms with Crippen LogP contribution in [-0.4, -0.2) is 32.2 Å². The maximum absolute atomic E-state index is 12.8. The van der Waals surface area contributed by atoms with Crippen molar-refractivity contribution >= 4 is 5.96 Å². The fourth-order valence-corrected chi connectivity index (χ4v) is 2.05. The number of rotatable bonds is 7. The van der Waals surface area contributed by atoms with Gasteiger partial charge in [0, 0.05) is 13.6 Å². The molecule has 0 amide bonds. The highest BCUT2D eigenvalue weighted by Crippen LogP contribution is 2.31. The predicted molar refractivity (Wildman–Crippen MR) is 83.2 cm³/mol. The Bertz CT molecular complexity index is 457. The molecule has 1 aliphatic carbocycles. The van der Waals surface area contributed by atoms with E-state index in [-0.39, 0.29) is 11.9 Å². The minimum Gasteiger partial charge on any atom is -0.489 e. The largest absolute Gasteiger partial charge is 0.489 e. The van der Waals surface area contributed by atoms with Gasteiger partial charge < -0.3 is 15.4 Å². The molecule has 1 unspecified atom stereocenters. The van der Waals surface area contributed by atoms with Gasteiger partial charge >= 0.3 is 0 Å². The Morgan fingerprint density at radius 1 is 1.33 bits per heavy atom. The lowest BCUT2D eigenvalue weighted by atomic mass is 10.3. The molecule has 4 nitrogen and oxygen atoms in total. The van der Waals surface area contributed by atoms with Crippen LogP contribution in [0.2, 0.25) is 0 Å². The second-order valence-electron chi connectivity index (χ2n) is 5.49. The van der Waals surface area contributed by atoms with Crippen molar-refractivity contribution in [1.29, 1.82) is 0 Å². The highest BCUT2D eigenvalue weighted by Gasteiger charge is 2.20. The average molecular weight is 293 g/mol. The highest BCUT2D eigenvalue weighted by atomic mass is 19.1. The number of nitrogens with zero attached hydrogens (tertiary/aromatic N) is 1. The average Bonchev–Trinajstić information content (AvgIpc) is 3.29. The van der Waals surface area contributed by atoms with Gasteiger partial charge in [0.2, 0.25) is 0 Å². The molecule has 0 aromatic heterocycles. The molecule has 21 heavy (non-hydrogen) atoms. The molecule has 1 aromatic carbocycles. The molecule has 1 aromatic rings. The van der Waals surface area contributed by atoms with Gasteiger partial charge in [-0.2, -0.15) is 0 Å². The van der Waals surface area contributed by atoms with Crippen LogP contribution in [0.25, 0.3) is 0 Å². The molecule has 5 heteroatoms. The summed E-state index contributed by atoms with van der Waals surface area (Å²) in [6.07, 6.45) is 3.92. The Kier molecular flexibility index (Phi) is 5.84. The first kappa shape index (κ1) is 15.6. The van der Waals surface area contributed by atoms with Gasteiger partial charge in [0.1, 0.15) is 17.7 Å². The van der Waals surface area contributed by atoms with Crippen molar-refractivity contribution in [2.24, 2.45) is 10.9 Å². The van der Waals surface area contributed by atoms with E-state index in [0.717, 1.165) is 18.4 Å². The van der Waals surface area contributed by atoms with Crippen molar-refractivity contribution in [3.63, 3.8) is 0 Å². The zero-order valence-corrected chi connectivity index (χ0v) is 12.7. The molecule has 0 radical (unpaired) electrons. The van der Waals surface area contributed by atoms with Gasteiger partial charge in [-0.25, -0.2) is 4.39 Å². The smallest absolute Gasteiger partial charge is 0.191 e. The lowest BCUT2D eigenvalue weighted by Gasteiger charge is -2.17. The van der Waals surface area contributed by atoms with Crippen molar-refractivity contribution < 1.29 is 9.13 Å². The van der Waals surface area contributed by atoms with E-state index in [2.05, 4.69) is 15.6 Å². The minimum absolute atomic E-state index is 0.0301. The Balaban J connectivity index is 1.66. The zero-order valence-electron chi connectivity index (χ0n) is 12.7. The van der Waals surface area contributed by atoms with Gasteiger partial charge in [-0.05, 0) is 43.5 Å². The van der Waals surface area contributed by atoms with Crippen molar-refractivity contribution in [2.75, 3.05) is 20.1 Å². The topological polar surface area (TPSA) is 45.7 Å². The molecule has 0 bridgehead atoms. The van der Waals surface area contributed by atoms with Crippen LogP contribution in [-0.2, 0) is 0 Å². The monoisotopic (exact) mass is 293 g/mol. The van der Waals surface area contributed by atoms with Crippen molar-refractivity contribution in [3.05, 3.63) is 30.1 Å². The van der Waals surface area contributed by atoms with E-state index in [1.54, 1.807) is 19.2 Å². The second-order valence-corrected chi connectivity index (χ2v) is 5.49. The molecule has 0 aliphatic heterocycles. The molecule has 0 spiro atoms. The molecule has 1 atom stereocenters. The summed E-state index contributed by atoms with van der Waals surface area (Å²) in [5.74, 6) is 2.12. The number of hydrogen-bond donors (Lipinski definition) is 2. The van der Waals surface area contributed by atoms with Crippen molar-refractivity contribution in [2.45, 2.75) is 32.3 Å². The molecule has 2 rings (SSSR count). The number of hydrogen-bond acceptors (Lipinski definition) is 2. The SMILES string of the molecule is CN=C(NCCC1CC1)NCC(C)Oc1ccc(F)cc1. The zero-order chi connectivity index (χ0) is 15.1. The van der Waals surface area contributed by atoms with E-state index in [4.69, 9.17) is 4.74 Å². The number of guanidine groups is 1. The Hall–Kier alpha value is -1.78. The molecule has 1 saturated carbocycles. The summed E-state index contributed by atoms with van der Waals surface area (Å²) in [6, 6.07) is 6.06.